The van der Waals surface area contributed by atoms with E-state index in [2.05, 4.69) is 33.9 Å². The van der Waals surface area contributed by atoms with E-state index in [1.165, 1.54) is 11.8 Å². The molecule has 0 aromatic heterocycles. The molecule has 1 atom stereocenters. The summed E-state index contributed by atoms with van der Waals surface area (Å²) in [4.78, 5) is 12.1. The van der Waals surface area contributed by atoms with Crippen LogP contribution in [-0.4, -0.2) is 19.3 Å². The van der Waals surface area contributed by atoms with Crippen molar-refractivity contribution in [2.75, 3.05) is 0 Å². The lowest BCUT2D eigenvalue weighted by atomic mass is 10.1. The summed E-state index contributed by atoms with van der Waals surface area (Å²) in [6.07, 6.45) is 1.43. The Morgan fingerprint density at radius 2 is 1.76 bits per heavy atom. The number of hydrogen-bond acceptors (Lipinski definition) is 4. The van der Waals surface area contributed by atoms with E-state index in [1.54, 1.807) is 6.08 Å². The maximum Gasteiger partial charge on any atom is 0.306 e. The molecule has 1 aromatic carbocycles. The van der Waals surface area contributed by atoms with Crippen molar-refractivity contribution in [3.05, 3.63) is 51.0 Å². The lowest BCUT2D eigenvalue weighted by molar-refractivity contribution is -0.411. The van der Waals surface area contributed by atoms with Gasteiger partial charge in [-0.2, -0.15) is 0 Å². The minimum absolute atomic E-state index is 0.0624. The standard InChI is InChI=1S/C19H31NO3SSi/c1-14(2)17(23-25(7,8)19(4,5)6)13-18(20(21)22)24-16-11-9-15(3)10-12-16/h9-14,17H,1-8H3/b18-13-/t17-/m1/s1. The third-order valence-electron chi connectivity index (χ3n) is 4.62. The van der Waals surface area contributed by atoms with Crippen molar-refractivity contribution in [1.29, 1.82) is 0 Å². The second-order valence-corrected chi connectivity index (χ2v) is 14.1. The van der Waals surface area contributed by atoms with Gasteiger partial charge in [0.05, 0.1) is 11.0 Å². The summed E-state index contributed by atoms with van der Waals surface area (Å²) in [6, 6.07) is 7.75. The van der Waals surface area contributed by atoms with Crippen LogP contribution in [0.5, 0.6) is 0 Å². The summed E-state index contributed by atoms with van der Waals surface area (Å²) in [5, 5.41) is 11.8. The molecule has 0 saturated carbocycles. The Kier molecular flexibility index (Phi) is 7.47. The molecule has 0 unspecified atom stereocenters. The average Bonchev–Trinajstić information content (AvgIpc) is 2.46. The Hall–Kier alpha value is -1.11. The highest BCUT2D eigenvalue weighted by atomic mass is 32.2. The summed E-state index contributed by atoms with van der Waals surface area (Å²) in [6.45, 7) is 17.0. The number of nitro groups is 1. The molecule has 0 amide bonds. The van der Waals surface area contributed by atoms with Gasteiger partial charge in [-0.25, -0.2) is 0 Å². The van der Waals surface area contributed by atoms with Crippen LogP contribution in [0.1, 0.15) is 40.2 Å². The zero-order valence-electron chi connectivity index (χ0n) is 16.6. The zero-order valence-corrected chi connectivity index (χ0v) is 18.4. The third kappa shape index (κ3) is 6.60. The van der Waals surface area contributed by atoms with Crippen molar-refractivity contribution in [2.45, 2.75) is 70.7 Å². The highest BCUT2D eigenvalue weighted by Gasteiger charge is 2.39. The van der Waals surface area contributed by atoms with Crippen LogP contribution in [0.2, 0.25) is 18.1 Å². The number of benzene rings is 1. The largest absolute Gasteiger partial charge is 0.410 e. The maximum atomic E-state index is 11.6. The first kappa shape index (κ1) is 21.9. The first-order chi connectivity index (χ1) is 11.3. The number of aryl methyl sites for hydroxylation is 1. The van der Waals surface area contributed by atoms with E-state index in [0.29, 0.717) is 0 Å². The van der Waals surface area contributed by atoms with Gasteiger partial charge < -0.3 is 4.43 Å². The van der Waals surface area contributed by atoms with Crippen LogP contribution in [0.3, 0.4) is 0 Å². The molecule has 0 saturated heterocycles. The molecule has 1 rings (SSSR count). The predicted molar refractivity (Wildman–Crippen MR) is 109 cm³/mol. The van der Waals surface area contributed by atoms with Gasteiger partial charge in [0.25, 0.3) is 0 Å². The van der Waals surface area contributed by atoms with Crippen molar-refractivity contribution in [3.8, 4) is 0 Å². The van der Waals surface area contributed by atoms with Crippen molar-refractivity contribution < 1.29 is 9.35 Å². The van der Waals surface area contributed by atoms with Crippen LogP contribution < -0.4 is 0 Å². The quantitative estimate of drug-likeness (QED) is 0.242. The maximum absolute atomic E-state index is 11.6. The number of thioether (sulfide) groups is 1. The monoisotopic (exact) mass is 381 g/mol. The molecular weight excluding hydrogens is 350 g/mol. The number of hydrogen-bond donors (Lipinski definition) is 0. The van der Waals surface area contributed by atoms with E-state index < -0.39 is 8.32 Å². The van der Waals surface area contributed by atoms with E-state index in [1.807, 2.05) is 45.0 Å². The van der Waals surface area contributed by atoms with E-state index >= 15 is 0 Å². The van der Waals surface area contributed by atoms with E-state index in [0.717, 1.165) is 10.5 Å². The van der Waals surface area contributed by atoms with Crippen LogP contribution >= 0.6 is 11.8 Å². The molecule has 0 aliphatic carbocycles. The molecule has 25 heavy (non-hydrogen) atoms. The van der Waals surface area contributed by atoms with Gasteiger partial charge in [0.15, 0.2) is 8.32 Å². The second kappa shape index (κ2) is 8.51. The number of nitrogens with zero attached hydrogens (tertiary/aromatic N) is 1. The lowest BCUT2D eigenvalue weighted by Crippen LogP contribution is -2.44. The van der Waals surface area contributed by atoms with E-state index in [4.69, 9.17) is 4.43 Å². The molecule has 0 fully saturated rings. The average molecular weight is 382 g/mol. The van der Waals surface area contributed by atoms with Crippen molar-refractivity contribution in [3.63, 3.8) is 0 Å². The molecule has 0 N–H and O–H groups in total. The summed E-state index contributed by atoms with van der Waals surface area (Å²) >= 11 is 1.18. The third-order valence-corrected chi connectivity index (χ3v) is 10.1. The molecule has 0 heterocycles. The summed E-state index contributed by atoms with van der Waals surface area (Å²) in [7, 11) is -2.01. The minimum Gasteiger partial charge on any atom is -0.410 e. The van der Waals surface area contributed by atoms with Crippen LogP contribution in [0.4, 0.5) is 0 Å². The van der Waals surface area contributed by atoms with Crippen molar-refractivity contribution in [2.24, 2.45) is 5.92 Å². The molecule has 0 aliphatic heterocycles. The van der Waals surface area contributed by atoms with E-state index in [9.17, 15) is 10.1 Å². The molecule has 0 spiro atoms. The van der Waals surface area contributed by atoms with Gasteiger partial charge in [-0.15, -0.1) is 0 Å². The fourth-order valence-corrected chi connectivity index (χ4v) is 4.04. The normalized spacial score (nSPS) is 14.7. The highest BCUT2D eigenvalue weighted by Crippen LogP contribution is 2.39. The fraction of sp³-hybridized carbons (Fsp3) is 0.579. The Balaban J connectivity index is 3.10. The molecule has 0 bridgehead atoms. The smallest absolute Gasteiger partial charge is 0.306 e. The summed E-state index contributed by atoms with van der Waals surface area (Å²) < 4.78 is 6.45. The van der Waals surface area contributed by atoms with Crippen molar-refractivity contribution >= 4 is 20.1 Å². The topological polar surface area (TPSA) is 52.4 Å². The Bertz CT molecular complexity index is 619. The SMILES string of the molecule is Cc1ccc(S/C(=C\[C@@H](O[Si](C)(C)C(C)(C)C)C(C)C)[N+](=O)[O-])cc1. The molecular formula is C19H31NO3SSi. The molecule has 0 aliphatic rings. The van der Waals surface area contributed by atoms with Crippen LogP contribution in [0.15, 0.2) is 40.3 Å². The molecule has 0 radical (unpaired) electrons. The highest BCUT2D eigenvalue weighted by molar-refractivity contribution is 8.02. The summed E-state index contributed by atoms with van der Waals surface area (Å²) in [5.74, 6) is 0.169. The Morgan fingerprint density at radius 1 is 1.24 bits per heavy atom. The van der Waals surface area contributed by atoms with Gasteiger partial charge in [0.1, 0.15) is 0 Å². The molecule has 140 valence electrons. The van der Waals surface area contributed by atoms with Crippen LogP contribution in [-0.2, 0) is 4.43 Å². The fourth-order valence-electron chi connectivity index (χ4n) is 1.88. The van der Waals surface area contributed by atoms with Gasteiger partial charge in [-0.3, -0.25) is 10.1 Å². The molecule has 1 aromatic rings. The van der Waals surface area contributed by atoms with Gasteiger partial charge in [0, 0.05) is 11.0 Å². The van der Waals surface area contributed by atoms with Crippen LogP contribution in [0, 0.1) is 23.0 Å². The first-order valence-corrected chi connectivity index (χ1v) is 12.3. The first-order valence-electron chi connectivity index (χ1n) is 8.62. The molecule has 6 heteroatoms. The zero-order chi connectivity index (χ0) is 19.4. The van der Waals surface area contributed by atoms with Gasteiger partial charge in [0.2, 0.25) is 0 Å². The molecule has 4 nitrogen and oxygen atoms in total. The predicted octanol–water partition coefficient (Wildman–Crippen LogP) is 6.25. The second-order valence-electron chi connectivity index (χ2n) is 8.26. The Labute approximate surface area is 157 Å². The van der Waals surface area contributed by atoms with Crippen molar-refractivity contribution in [1.82, 2.24) is 0 Å². The van der Waals surface area contributed by atoms with Crippen LogP contribution in [0.25, 0.3) is 0 Å². The van der Waals surface area contributed by atoms with Gasteiger partial charge in [-0.1, -0.05) is 52.3 Å². The minimum atomic E-state index is -2.01. The Morgan fingerprint density at radius 3 is 2.16 bits per heavy atom. The van der Waals surface area contributed by atoms with Gasteiger partial charge >= 0.3 is 5.03 Å². The lowest BCUT2D eigenvalue weighted by Gasteiger charge is -2.39. The van der Waals surface area contributed by atoms with Gasteiger partial charge in [-0.05, 0) is 54.9 Å². The summed E-state index contributed by atoms with van der Waals surface area (Å²) in [5.41, 5.74) is 1.14. The number of rotatable bonds is 7. The van der Waals surface area contributed by atoms with E-state index in [-0.39, 0.29) is 27.0 Å².